The molecule has 3 heteroatoms. The number of aliphatic hydroxyl groups excluding tert-OH is 1. The van der Waals surface area contributed by atoms with Crippen molar-refractivity contribution in [3.63, 3.8) is 0 Å². The van der Waals surface area contributed by atoms with Gasteiger partial charge in [-0.05, 0) is 43.6 Å². The molecule has 100 valence electrons. The third kappa shape index (κ3) is 5.71. The smallest absolute Gasteiger partial charge is 0.0646 e. The van der Waals surface area contributed by atoms with Gasteiger partial charge in [-0.3, -0.25) is 0 Å². The monoisotopic (exact) mass is 274 g/mol. The zero-order valence-electron chi connectivity index (χ0n) is 11.0. The Morgan fingerprint density at radius 3 is 2.65 bits per heavy atom. The van der Waals surface area contributed by atoms with Crippen LogP contribution in [0.3, 0.4) is 0 Å². The van der Waals surface area contributed by atoms with Gasteiger partial charge in [-0.1, -0.05) is 25.8 Å². The first-order valence-corrected chi connectivity index (χ1v) is 8.76. The number of unbranched alkanes of at least 4 members (excludes halogenated alkanes) is 1. The second-order valence-corrected chi connectivity index (χ2v) is 8.00. The van der Waals surface area contributed by atoms with Gasteiger partial charge in [-0.15, -0.1) is 30.1 Å². The van der Waals surface area contributed by atoms with E-state index < -0.39 is 0 Å². The highest BCUT2D eigenvalue weighted by Gasteiger charge is 2.32. The van der Waals surface area contributed by atoms with Crippen molar-refractivity contribution in [2.45, 2.75) is 62.1 Å². The van der Waals surface area contributed by atoms with Crippen molar-refractivity contribution < 1.29 is 5.11 Å². The van der Waals surface area contributed by atoms with Crippen LogP contribution in [-0.4, -0.2) is 26.8 Å². The van der Waals surface area contributed by atoms with Crippen molar-refractivity contribution in [1.29, 1.82) is 0 Å². The maximum Gasteiger partial charge on any atom is 0.0646 e. The number of thioether (sulfide) groups is 2. The zero-order valence-corrected chi connectivity index (χ0v) is 12.6. The number of aliphatic hydroxyl groups is 1. The van der Waals surface area contributed by atoms with E-state index in [2.05, 4.69) is 37.0 Å². The molecule has 0 saturated carbocycles. The largest absolute Gasteiger partial charge is 0.393 e. The minimum atomic E-state index is -0.0974. The van der Waals surface area contributed by atoms with Crippen molar-refractivity contribution in [2.24, 2.45) is 0 Å². The lowest BCUT2D eigenvalue weighted by Gasteiger charge is -2.36. The number of hydrogen-bond donors (Lipinski definition) is 1. The Kier molecular flexibility index (Phi) is 7.72. The van der Waals surface area contributed by atoms with Gasteiger partial charge in [0.25, 0.3) is 0 Å². The molecule has 1 fully saturated rings. The van der Waals surface area contributed by atoms with Gasteiger partial charge >= 0.3 is 0 Å². The van der Waals surface area contributed by atoms with E-state index in [1.54, 1.807) is 0 Å². The Morgan fingerprint density at radius 1 is 1.35 bits per heavy atom. The summed E-state index contributed by atoms with van der Waals surface area (Å²) in [6.45, 7) is 6.07. The fraction of sp³-hybridized carbons (Fsp3) is 0.857. The molecular weight excluding hydrogens is 248 g/mol. The van der Waals surface area contributed by atoms with Crippen LogP contribution in [0.5, 0.6) is 0 Å². The van der Waals surface area contributed by atoms with Crippen molar-refractivity contribution in [3.8, 4) is 0 Å². The van der Waals surface area contributed by atoms with Crippen LogP contribution in [0.25, 0.3) is 0 Å². The Labute approximate surface area is 115 Å². The minimum Gasteiger partial charge on any atom is -0.393 e. The van der Waals surface area contributed by atoms with E-state index in [-0.39, 0.29) is 6.10 Å². The van der Waals surface area contributed by atoms with Crippen molar-refractivity contribution in [2.75, 3.05) is 11.5 Å². The summed E-state index contributed by atoms with van der Waals surface area (Å²) in [4.78, 5) is 0. The van der Waals surface area contributed by atoms with Gasteiger partial charge in [0, 0.05) is 0 Å². The van der Waals surface area contributed by atoms with Crippen LogP contribution < -0.4 is 0 Å². The first-order valence-electron chi connectivity index (χ1n) is 6.79. The topological polar surface area (TPSA) is 20.2 Å². The summed E-state index contributed by atoms with van der Waals surface area (Å²) >= 11 is 4.16. The Balaban J connectivity index is 2.35. The van der Waals surface area contributed by atoms with E-state index in [4.69, 9.17) is 0 Å². The third-order valence-corrected chi connectivity index (χ3v) is 6.71. The quantitative estimate of drug-likeness (QED) is 0.660. The highest BCUT2D eigenvalue weighted by molar-refractivity contribution is 8.18. The molecule has 1 N–H and O–H groups in total. The van der Waals surface area contributed by atoms with Crippen LogP contribution in [-0.2, 0) is 0 Å². The van der Waals surface area contributed by atoms with Crippen molar-refractivity contribution in [1.82, 2.24) is 0 Å². The van der Waals surface area contributed by atoms with E-state index in [0.29, 0.717) is 4.08 Å². The van der Waals surface area contributed by atoms with Crippen LogP contribution in [0.2, 0.25) is 0 Å². The Morgan fingerprint density at radius 2 is 2.06 bits per heavy atom. The highest BCUT2D eigenvalue weighted by atomic mass is 32.2. The summed E-state index contributed by atoms with van der Waals surface area (Å²) in [5, 5.41) is 9.95. The standard InChI is InChI=1S/C14H26OS2/c1-3-5-7-13(15)8-10-14(9-4-2)16-11-6-12-17-14/h4,13,15H,2-3,5-12H2,1H3. The lowest BCUT2D eigenvalue weighted by molar-refractivity contribution is 0.148. The lowest BCUT2D eigenvalue weighted by Crippen LogP contribution is -2.26. The molecule has 1 saturated heterocycles. The lowest BCUT2D eigenvalue weighted by atomic mass is 10.0. The molecule has 0 aromatic carbocycles. The molecule has 0 radical (unpaired) electrons. The van der Waals surface area contributed by atoms with Crippen LogP contribution in [0, 0.1) is 0 Å². The van der Waals surface area contributed by atoms with E-state index in [1.807, 2.05) is 6.08 Å². The SMILES string of the molecule is C=CCC1(CCC(O)CCCC)SCCCS1. The first-order chi connectivity index (χ1) is 8.22. The molecule has 0 spiro atoms. The molecule has 1 heterocycles. The molecule has 0 aromatic rings. The van der Waals surface area contributed by atoms with Gasteiger partial charge in [0.1, 0.15) is 0 Å². The average molecular weight is 274 g/mol. The van der Waals surface area contributed by atoms with E-state index in [1.165, 1.54) is 24.3 Å². The van der Waals surface area contributed by atoms with Crippen LogP contribution in [0.4, 0.5) is 0 Å². The fourth-order valence-corrected chi connectivity index (χ4v) is 5.50. The molecule has 1 unspecified atom stereocenters. The minimum absolute atomic E-state index is 0.0974. The molecule has 0 bridgehead atoms. The summed E-state index contributed by atoms with van der Waals surface area (Å²) in [6, 6.07) is 0. The third-order valence-electron chi connectivity index (χ3n) is 3.22. The first kappa shape index (κ1) is 15.5. The molecule has 0 aliphatic carbocycles. The number of rotatable bonds is 8. The van der Waals surface area contributed by atoms with Crippen LogP contribution >= 0.6 is 23.5 Å². The normalized spacial score (nSPS) is 21.1. The summed E-state index contributed by atoms with van der Waals surface area (Å²) in [7, 11) is 0. The van der Waals surface area contributed by atoms with E-state index >= 15 is 0 Å². The highest BCUT2D eigenvalue weighted by Crippen LogP contribution is 2.48. The van der Waals surface area contributed by atoms with Gasteiger partial charge in [0.05, 0.1) is 10.2 Å². The summed E-state index contributed by atoms with van der Waals surface area (Å²) in [5.74, 6) is 2.54. The maximum atomic E-state index is 9.95. The summed E-state index contributed by atoms with van der Waals surface area (Å²) in [5.41, 5.74) is 0. The number of hydrogen-bond acceptors (Lipinski definition) is 3. The maximum absolute atomic E-state index is 9.95. The predicted molar refractivity (Wildman–Crippen MR) is 81.8 cm³/mol. The summed E-state index contributed by atoms with van der Waals surface area (Å²) < 4.78 is 0.313. The van der Waals surface area contributed by atoms with Gasteiger partial charge in [0.15, 0.2) is 0 Å². The van der Waals surface area contributed by atoms with Gasteiger partial charge < -0.3 is 5.11 Å². The number of allylic oxidation sites excluding steroid dienone is 1. The Hall–Kier alpha value is 0.400. The zero-order chi connectivity index (χ0) is 12.6. The molecule has 0 amide bonds. The molecule has 17 heavy (non-hydrogen) atoms. The summed E-state index contributed by atoms with van der Waals surface area (Å²) in [6.07, 6.45) is 9.72. The molecule has 1 nitrogen and oxygen atoms in total. The van der Waals surface area contributed by atoms with E-state index in [9.17, 15) is 5.11 Å². The van der Waals surface area contributed by atoms with Gasteiger partial charge in [0.2, 0.25) is 0 Å². The van der Waals surface area contributed by atoms with Crippen LogP contribution in [0.1, 0.15) is 51.9 Å². The Bertz CT molecular complexity index is 212. The average Bonchev–Trinajstić information content (AvgIpc) is 2.35. The molecule has 1 rings (SSSR count). The molecule has 1 aliphatic rings. The molecular formula is C14H26OS2. The van der Waals surface area contributed by atoms with Crippen LogP contribution in [0.15, 0.2) is 12.7 Å². The molecule has 1 aliphatic heterocycles. The van der Waals surface area contributed by atoms with Gasteiger partial charge in [-0.25, -0.2) is 0 Å². The van der Waals surface area contributed by atoms with E-state index in [0.717, 1.165) is 32.1 Å². The molecule has 0 aromatic heterocycles. The predicted octanol–water partition coefficient (Wildman–Crippen LogP) is 4.46. The fourth-order valence-electron chi connectivity index (χ4n) is 2.17. The van der Waals surface area contributed by atoms with Crippen molar-refractivity contribution in [3.05, 3.63) is 12.7 Å². The molecule has 1 atom stereocenters. The van der Waals surface area contributed by atoms with Gasteiger partial charge in [-0.2, -0.15) is 0 Å². The second kappa shape index (κ2) is 8.49. The second-order valence-electron chi connectivity index (χ2n) is 4.79. The van der Waals surface area contributed by atoms with Crippen molar-refractivity contribution >= 4 is 23.5 Å².